The van der Waals surface area contributed by atoms with Gasteiger partial charge in [-0.15, -0.1) is 0 Å². The number of nitrogens with zero attached hydrogens (tertiary/aromatic N) is 2. The molecule has 2 nitrogen and oxygen atoms in total. The monoisotopic (exact) mass is 174 g/mol. The van der Waals surface area contributed by atoms with Crippen molar-refractivity contribution in [3.8, 4) is 6.07 Å². The number of halogens is 2. The van der Waals surface area contributed by atoms with E-state index in [0.29, 0.717) is 19.0 Å². The maximum Gasteiger partial charge on any atom is 0.251 e. The van der Waals surface area contributed by atoms with Crippen LogP contribution in [0.1, 0.15) is 19.3 Å². The van der Waals surface area contributed by atoms with Gasteiger partial charge in [0.25, 0.3) is 6.43 Å². The highest BCUT2D eigenvalue weighted by molar-refractivity contribution is 4.86. The summed E-state index contributed by atoms with van der Waals surface area (Å²) in [5.74, 6) is 0. The van der Waals surface area contributed by atoms with E-state index in [1.807, 2.05) is 6.07 Å². The van der Waals surface area contributed by atoms with E-state index in [4.69, 9.17) is 5.26 Å². The van der Waals surface area contributed by atoms with Crippen molar-refractivity contribution in [2.24, 2.45) is 0 Å². The van der Waals surface area contributed by atoms with Gasteiger partial charge in [0.15, 0.2) is 0 Å². The Morgan fingerprint density at radius 1 is 1.50 bits per heavy atom. The van der Waals surface area contributed by atoms with Crippen LogP contribution >= 0.6 is 0 Å². The summed E-state index contributed by atoms with van der Waals surface area (Å²) in [4.78, 5) is 1.72. The lowest BCUT2D eigenvalue weighted by Crippen LogP contribution is -2.31. The van der Waals surface area contributed by atoms with Crippen LogP contribution < -0.4 is 0 Å². The topological polar surface area (TPSA) is 27.0 Å². The second-order valence-corrected chi connectivity index (χ2v) is 3.03. The van der Waals surface area contributed by atoms with Crippen LogP contribution in [0.3, 0.4) is 0 Å². The molecule has 0 aromatic heterocycles. The third-order valence-corrected chi connectivity index (χ3v) is 1.95. The fraction of sp³-hybridized carbons (Fsp3) is 0.875. The number of alkyl halides is 2. The van der Waals surface area contributed by atoms with Crippen LogP contribution in [0, 0.1) is 11.3 Å². The quantitative estimate of drug-likeness (QED) is 0.633. The molecule has 0 saturated heterocycles. The Bertz CT molecular complexity index is 172. The zero-order valence-corrected chi connectivity index (χ0v) is 6.84. The molecule has 0 N–H and O–H groups in total. The summed E-state index contributed by atoms with van der Waals surface area (Å²) in [6.45, 7) is 0.317. The molecule has 0 spiro atoms. The molecule has 1 aliphatic carbocycles. The fourth-order valence-corrected chi connectivity index (χ4v) is 1.23. The molecule has 1 aliphatic rings. The molecule has 0 bridgehead atoms. The van der Waals surface area contributed by atoms with E-state index in [-0.39, 0.29) is 6.54 Å². The van der Waals surface area contributed by atoms with Gasteiger partial charge in [-0.1, -0.05) is 0 Å². The van der Waals surface area contributed by atoms with E-state index in [0.717, 1.165) is 12.8 Å². The first kappa shape index (κ1) is 9.40. The summed E-state index contributed by atoms with van der Waals surface area (Å²) < 4.78 is 24.0. The molecule has 1 saturated carbocycles. The van der Waals surface area contributed by atoms with Gasteiger partial charge >= 0.3 is 0 Å². The second kappa shape index (κ2) is 4.36. The molecule has 0 amide bonds. The van der Waals surface area contributed by atoms with Gasteiger partial charge in [0.2, 0.25) is 0 Å². The van der Waals surface area contributed by atoms with E-state index < -0.39 is 6.43 Å². The lowest BCUT2D eigenvalue weighted by Gasteiger charge is -2.19. The molecule has 4 heteroatoms. The SMILES string of the molecule is N#CCCN(CC(F)F)C1CC1. The molecule has 0 aromatic rings. The number of hydrogen-bond acceptors (Lipinski definition) is 2. The molecule has 1 fully saturated rings. The highest BCUT2D eigenvalue weighted by Gasteiger charge is 2.29. The normalized spacial score (nSPS) is 16.9. The number of rotatable bonds is 5. The van der Waals surface area contributed by atoms with Crippen LogP contribution in [0.4, 0.5) is 8.78 Å². The highest BCUT2D eigenvalue weighted by Crippen LogP contribution is 2.27. The van der Waals surface area contributed by atoms with Crippen molar-refractivity contribution in [3.63, 3.8) is 0 Å². The van der Waals surface area contributed by atoms with Crippen molar-refractivity contribution in [3.05, 3.63) is 0 Å². The van der Waals surface area contributed by atoms with Crippen molar-refractivity contribution < 1.29 is 8.78 Å². The van der Waals surface area contributed by atoms with Gasteiger partial charge in [-0.2, -0.15) is 5.26 Å². The van der Waals surface area contributed by atoms with Crippen molar-refractivity contribution in [1.29, 1.82) is 5.26 Å². The van der Waals surface area contributed by atoms with E-state index in [2.05, 4.69) is 0 Å². The third-order valence-electron chi connectivity index (χ3n) is 1.95. The summed E-state index contributed by atoms with van der Waals surface area (Å²) in [5.41, 5.74) is 0. The summed E-state index contributed by atoms with van der Waals surface area (Å²) in [6.07, 6.45) is 0.101. The van der Waals surface area contributed by atoms with Crippen LogP contribution in [0.2, 0.25) is 0 Å². The first-order valence-corrected chi connectivity index (χ1v) is 4.13. The Balaban J connectivity index is 2.23. The van der Waals surface area contributed by atoms with Gasteiger partial charge < -0.3 is 0 Å². The van der Waals surface area contributed by atoms with Gasteiger partial charge in [-0.3, -0.25) is 4.90 Å². The molecule has 0 heterocycles. The number of nitriles is 1. The molecule has 1 rings (SSSR count). The minimum absolute atomic E-state index is 0.174. The molecule has 0 radical (unpaired) electrons. The Kier molecular flexibility index (Phi) is 3.42. The molecule has 0 atom stereocenters. The Hall–Kier alpha value is -0.690. The van der Waals surface area contributed by atoms with Crippen molar-refractivity contribution in [2.75, 3.05) is 13.1 Å². The fourth-order valence-electron chi connectivity index (χ4n) is 1.23. The summed E-state index contributed by atoms with van der Waals surface area (Å²) >= 11 is 0. The number of hydrogen-bond donors (Lipinski definition) is 0. The third kappa shape index (κ3) is 3.14. The lowest BCUT2D eigenvalue weighted by molar-refractivity contribution is 0.0854. The van der Waals surface area contributed by atoms with Crippen LogP contribution in [0.25, 0.3) is 0 Å². The average molecular weight is 174 g/mol. The van der Waals surface area contributed by atoms with Gasteiger partial charge in [-0.25, -0.2) is 8.78 Å². The average Bonchev–Trinajstić information content (AvgIpc) is 2.79. The van der Waals surface area contributed by atoms with Crippen LogP contribution in [0.5, 0.6) is 0 Å². The zero-order chi connectivity index (χ0) is 8.97. The van der Waals surface area contributed by atoms with E-state index in [1.54, 1.807) is 4.90 Å². The first-order chi connectivity index (χ1) is 5.74. The summed E-state index contributed by atoms with van der Waals surface area (Å²) in [6, 6.07) is 2.29. The van der Waals surface area contributed by atoms with E-state index >= 15 is 0 Å². The molecule has 12 heavy (non-hydrogen) atoms. The highest BCUT2D eigenvalue weighted by atomic mass is 19.3. The summed E-state index contributed by atoms with van der Waals surface area (Å²) in [7, 11) is 0. The van der Waals surface area contributed by atoms with Crippen molar-refractivity contribution in [1.82, 2.24) is 4.90 Å². The molecule has 68 valence electrons. The van der Waals surface area contributed by atoms with Crippen LogP contribution in [-0.4, -0.2) is 30.5 Å². The molecule has 0 aromatic carbocycles. The predicted octanol–water partition coefficient (Wildman–Crippen LogP) is 1.63. The molecular formula is C8H12F2N2. The smallest absolute Gasteiger partial charge is 0.251 e. The van der Waals surface area contributed by atoms with E-state index in [9.17, 15) is 8.78 Å². The largest absolute Gasteiger partial charge is 0.294 e. The van der Waals surface area contributed by atoms with Crippen LogP contribution in [-0.2, 0) is 0 Å². The Morgan fingerprint density at radius 3 is 2.58 bits per heavy atom. The van der Waals surface area contributed by atoms with Gasteiger partial charge in [0.05, 0.1) is 12.6 Å². The molecule has 0 aliphatic heterocycles. The first-order valence-electron chi connectivity index (χ1n) is 4.13. The maximum absolute atomic E-state index is 12.0. The lowest BCUT2D eigenvalue weighted by atomic mass is 10.4. The van der Waals surface area contributed by atoms with Crippen LogP contribution in [0.15, 0.2) is 0 Å². The molecular weight excluding hydrogens is 162 g/mol. The Labute approximate surface area is 70.8 Å². The summed E-state index contributed by atoms with van der Waals surface area (Å²) in [5, 5.41) is 8.29. The minimum atomic E-state index is -2.27. The van der Waals surface area contributed by atoms with Crippen molar-refractivity contribution in [2.45, 2.75) is 31.7 Å². The minimum Gasteiger partial charge on any atom is -0.294 e. The second-order valence-electron chi connectivity index (χ2n) is 3.03. The van der Waals surface area contributed by atoms with E-state index in [1.165, 1.54) is 0 Å². The zero-order valence-electron chi connectivity index (χ0n) is 6.84. The van der Waals surface area contributed by atoms with Gasteiger partial charge in [0, 0.05) is 19.0 Å². The standard InChI is InChI=1S/C8H12F2N2/c9-8(10)6-12(5-1-4-11)7-2-3-7/h7-8H,1-3,5-6H2. The van der Waals surface area contributed by atoms with Gasteiger partial charge in [-0.05, 0) is 12.8 Å². The molecule has 0 unspecified atom stereocenters. The predicted molar refractivity (Wildman–Crippen MR) is 40.8 cm³/mol. The van der Waals surface area contributed by atoms with Gasteiger partial charge in [0.1, 0.15) is 0 Å². The Morgan fingerprint density at radius 2 is 2.17 bits per heavy atom. The van der Waals surface area contributed by atoms with Crippen molar-refractivity contribution >= 4 is 0 Å². The maximum atomic E-state index is 12.0.